The predicted octanol–water partition coefficient (Wildman–Crippen LogP) is 1.94. The van der Waals surface area contributed by atoms with Crippen LogP contribution in [0, 0.1) is 11.8 Å². The highest BCUT2D eigenvalue weighted by Gasteiger charge is 2.29. The second kappa shape index (κ2) is 6.78. The zero-order valence-electron chi connectivity index (χ0n) is 11.6. The largest absolute Gasteiger partial charge is 0.409 e. The molecule has 1 aliphatic heterocycles. The van der Waals surface area contributed by atoms with Crippen molar-refractivity contribution < 1.29 is 10.0 Å². The van der Waals surface area contributed by atoms with Crippen molar-refractivity contribution in [3.8, 4) is 0 Å². The highest BCUT2D eigenvalue weighted by molar-refractivity contribution is 5.83. The van der Waals surface area contributed by atoms with Crippen LogP contribution in [0.5, 0.6) is 0 Å². The average molecular weight is 267 g/mol. The molecule has 2 rings (SSSR count). The molecule has 3 N–H and O–H groups in total. The van der Waals surface area contributed by atoms with Crippen LogP contribution in [0.2, 0.25) is 0 Å². The molecule has 1 saturated carbocycles. The third-order valence-corrected chi connectivity index (χ3v) is 4.54. The summed E-state index contributed by atoms with van der Waals surface area (Å²) in [5.41, 5.74) is 5.63. The molecule has 0 spiro atoms. The molecule has 1 aliphatic carbocycles. The van der Waals surface area contributed by atoms with Gasteiger partial charge in [-0.2, -0.15) is 0 Å². The molecule has 1 saturated heterocycles. The Labute approximate surface area is 114 Å². The lowest BCUT2D eigenvalue weighted by Gasteiger charge is -2.33. The Morgan fingerprint density at radius 3 is 2.11 bits per heavy atom. The predicted molar refractivity (Wildman–Crippen MR) is 73.9 cm³/mol. The first kappa shape index (κ1) is 14.2. The molecule has 2 aliphatic rings. The number of piperidine rings is 1. The van der Waals surface area contributed by atoms with Crippen LogP contribution >= 0.6 is 0 Å². The van der Waals surface area contributed by atoms with Gasteiger partial charge in [-0.05, 0) is 25.7 Å². The van der Waals surface area contributed by atoms with E-state index in [2.05, 4.69) is 5.16 Å². The van der Waals surface area contributed by atoms with Gasteiger partial charge in [-0.3, -0.25) is 4.79 Å². The molecule has 0 atom stereocenters. The summed E-state index contributed by atoms with van der Waals surface area (Å²) >= 11 is 0. The van der Waals surface area contributed by atoms with E-state index in [1.165, 1.54) is 25.7 Å². The lowest BCUT2D eigenvalue weighted by Crippen LogP contribution is -2.44. The van der Waals surface area contributed by atoms with Crippen molar-refractivity contribution in [3.05, 3.63) is 0 Å². The molecule has 108 valence electrons. The summed E-state index contributed by atoms with van der Waals surface area (Å²) in [5.74, 6) is 1.01. The van der Waals surface area contributed by atoms with Gasteiger partial charge in [0.25, 0.3) is 0 Å². The summed E-state index contributed by atoms with van der Waals surface area (Å²) in [6, 6.07) is 0. The molecule has 0 unspecified atom stereocenters. The van der Waals surface area contributed by atoms with E-state index < -0.39 is 0 Å². The van der Waals surface area contributed by atoms with Crippen molar-refractivity contribution in [2.75, 3.05) is 13.1 Å². The normalized spacial score (nSPS) is 24.2. The smallest absolute Gasteiger partial charge is 0.225 e. The first-order valence-corrected chi connectivity index (χ1v) is 7.48. The Bertz CT molecular complexity index is 328. The van der Waals surface area contributed by atoms with E-state index in [0.29, 0.717) is 11.7 Å². The summed E-state index contributed by atoms with van der Waals surface area (Å²) in [6.07, 6.45) is 8.67. The minimum Gasteiger partial charge on any atom is -0.409 e. The number of hydrogen-bond acceptors (Lipinski definition) is 3. The standard InChI is InChI=1S/C14H25N3O2/c15-13(16-19)11-7-9-17(10-8-11)14(18)12-5-3-1-2-4-6-12/h11-12,19H,1-10H2,(H2,15,16). The highest BCUT2D eigenvalue weighted by Crippen LogP contribution is 2.26. The second-order valence-electron chi connectivity index (χ2n) is 5.81. The number of oxime groups is 1. The minimum atomic E-state index is 0.128. The molecule has 0 aromatic carbocycles. The summed E-state index contributed by atoms with van der Waals surface area (Å²) in [5, 5.41) is 11.8. The van der Waals surface area contributed by atoms with Gasteiger partial charge in [0.05, 0.1) is 0 Å². The van der Waals surface area contributed by atoms with Crippen LogP contribution in [0.1, 0.15) is 51.4 Å². The maximum absolute atomic E-state index is 12.5. The summed E-state index contributed by atoms with van der Waals surface area (Å²) < 4.78 is 0. The topological polar surface area (TPSA) is 78.9 Å². The number of nitrogens with two attached hydrogens (primary N) is 1. The van der Waals surface area contributed by atoms with Crippen LogP contribution in [-0.4, -0.2) is 34.9 Å². The van der Waals surface area contributed by atoms with E-state index in [1.807, 2.05) is 4.90 Å². The van der Waals surface area contributed by atoms with Crippen molar-refractivity contribution in [2.24, 2.45) is 22.7 Å². The maximum Gasteiger partial charge on any atom is 0.225 e. The average Bonchev–Trinajstić information content (AvgIpc) is 2.75. The van der Waals surface area contributed by atoms with Crippen molar-refractivity contribution in [1.29, 1.82) is 0 Å². The first-order chi connectivity index (χ1) is 9.22. The summed E-state index contributed by atoms with van der Waals surface area (Å²) in [7, 11) is 0. The Balaban J connectivity index is 1.84. The van der Waals surface area contributed by atoms with Gasteiger partial charge in [-0.15, -0.1) is 0 Å². The monoisotopic (exact) mass is 267 g/mol. The zero-order chi connectivity index (χ0) is 13.7. The van der Waals surface area contributed by atoms with Crippen molar-refractivity contribution in [2.45, 2.75) is 51.4 Å². The quantitative estimate of drug-likeness (QED) is 0.264. The fraction of sp³-hybridized carbons (Fsp3) is 0.857. The van der Waals surface area contributed by atoms with Gasteiger partial charge in [0.15, 0.2) is 0 Å². The lowest BCUT2D eigenvalue weighted by atomic mass is 9.93. The molecular weight excluding hydrogens is 242 g/mol. The Hall–Kier alpha value is -1.26. The minimum absolute atomic E-state index is 0.128. The maximum atomic E-state index is 12.5. The van der Waals surface area contributed by atoms with Gasteiger partial charge in [0.1, 0.15) is 5.84 Å². The van der Waals surface area contributed by atoms with Crippen molar-refractivity contribution >= 4 is 11.7 Å². The SMILES string of the molecule is NC(=NO)C1CCN(C(=O)C2CCCCCC2)CC1. The fourth-order valence-electron chi connectivity index (χ4n) is 3.26. The second-order valence-corrected chi connectivity index (χ2v) is 5.81. The molecule has 2 fully saturated rings. The molecule has 0 bridgehead atoms. The Morgan fingerprint density at radius 2 is 1.58 bits per heavy atom. The van der Waals surface area contributed by atoms with Crippen LogP contribution in [0.15, 0.2) is 5.16 Å². The lowest BCUT2D eigenvalue weighted by molar-refractivity contribution is -0.137. The van der Waals surface area contributed by atoms with E-state index >= 15 is 0 Å². The molecule has 5 heteroatoms. The van der Waals surface area contributed by atoms with Gasteiger partial charge in [0, 0.05) is 24.9 Å². The molecule has 19 heavy (non-hydrogen) atoms. The van der Waals surface area contributed by atoms with Crippen molar-refractivity contribution in [3.63, 3.8) is 0 Å². The molecule has 1 heterocycles. The number of hydrogen-bond donors (Lipinski definition) is 2. The van der Waals surface area contributed by atoms with Gasteiger partial charge in [-0.1, -0.05) is 30.8 Å². The molecule has 0 radical (unpaired) electrons. The summed E-state index contributed by atoms with van der Waals surface area (Å²) in [4.78, 5) is 14.5. The van der Waals surface area contributed by atoms with E-state index in [0.717, 1.165) is 38.8 Å². The van der Waals surface area contributed by atoms with Crippen LogP contribution in [0.4, 0.5) is 0 Å². The first-order valence-electron chi connectivity index (χ1n) is 7.48. The van der Waals surface area contributed by atoms with Gasteiger partial charge >= 0.3 is 0 Å². The number of carbonyl (C=O) groups excluding carboxylic acids is 1. The van der Waals surface area contributed by atoms with Gasteiger partial charge in [0.2, 0.25) is 5.91 Å². The third-order valence-electron chi connectivity index (χ3n) is 4.54. The number of rotatable bonds is 2. The van der Waals surface area contributed by atoms with Crippen LogP contribution < -0.4 is 5.73 Å². The number of amides is 1. The molecule has 5 nitrogen and oxygen atoms in total. The van der Waals surface area contributed by atoms with Crippen LogP contribution in [0.3, 0.4) is 0 Å². The molecule has 0 aromatic heterocycles. The zero-order valence-corrected chi connectivity index (χ0v) is 11.6. The number of nitrogens with zero attached hydrogens (tertiary/aromatic N) is 2. The van der Waals surface area contributed by atoms with E-state index in [-0.39, 0.29) is 11.8 Å². The summed E-state index contributed by atoms with van der Waals surface area (Å²) in [6.45, 7) is 1.49. The van der Waals surface area contributed by atoms with Gasteiger partial charge in [-0.25, -0.2) is 0 Å². The van der Waals surface area contributed by atoms with E-state index in [9.17, 15) is 4.79 Å². The van der Waals surface area contributed by atoms with Crippen LogP contribution in [-0.2, 0) is 4.79 Å². The fourth-order valence-corrected chi connectivity index (χ4v) is 3.26. The molecule has 1 amide bonds. The molecule has 0 aromatic rings. The Morgan fingerprint density at radius 1 is 1.00 bits per heavy atom. The third kappa shape index (κ3) is 3.61. The highest BCUT2D eigenvalue weighted by atomic mass is 16.4. The van der Waals surface area contributed by atoms with Crippen LogP contribution in [0.25, 0.3) is 0 Å². The van der Waals surface area contributed by atoms with E-state index in [4.69, 9.17) is 10.9 Å². The number of amidine groups is 1. The number of likely N-dealkylation sites (tertiary alicyclic amines) is 1. The van der Waals surface area contributed by atoms with Crippen molar-refractivity contribution in [1.82, 2.24) is 4.90 Å². The number of carbonyl (C=O) groups is 1. The molecular formula is C14H25N3O2. The van der Waals surface area contributed by atoms with Gasteiger partial charge < -0.3 is 15.8 Å². The Kier molecular flexibility index (Phi) is 5.05. The van der Waals surface area contributed by atoms with E-state index in [1.54, 1.807) is 0 Å².